The average molecular weight is 587 g/mol. The van der Waals surface area contributed by atoms with E-state index in [1.54, 1.807) is 49.6 Å². The topological polar surface area (TPSA) is 94.2 Å². The molecular weight excluding hydrogens is 556 g/mol. The van der Waals surface area contributed by atoms with E-state index in [0.717, 1.165) is 11.1 Å². The fourth-order valence-electron chi connectivity index (χ4n) is 7.27. The first kappa shape index (κ1) is 27.5. The lowest BCUT2D eigenvalue weighted by atomic mass is 9.62. The first-order valence-corrected chi connectivity index (χ1v) is 14.3. The van der Waals surface area contributed by atoms with Gasteiger partial charge in [-0.3, -0.25) is 14.4 Å². The second-order valence-corrected chi connectivity index (χ2v) is 11.1. The highest BCUT2D eigenvalue weighted by Gasteiger charge is 2.70. The highest BCUT2D eigenvalue weighted by molar-refractivity contribution is 6.17. The van der Waals surface area contributed by atoms with Crippen LogP contribution in [-0.4, -0.2) is 49.7 Å². The number of anilines is 1. The summed E-state index contributed by atoms with van der Waals surface area (Å²) in [6.45, 7) is 0. The van der Waals surface area contributed by atoms with Crippen LogP contribution in [0.1, 0.15) is 43.4 Å². The summed E-state index contributed by atoms with van der Waals surface area (Å²) in [5.74, 6) is -0.686. The van der Waals surface area contributed by atoms with E-state index in [1.807, 2.05) is 65.7 Å². The number of ketones is 2. The Labute approximate surface area is 254 Å². The number of carbonyl (C=O) groups excluding carboxylic acids is 3. The van der Waals surface area contributed by atoms with E-state index in [-0.39, 0.29) is 23.0 Å². The summed E-state index contributed by atoms with van der Waals surface area (Å²) in [5.41, 5.74) is 2.31. The summed E-state index contributed by atoms with van der Waals surface area (Å²) in [6, 6.07) is 25.4. The molecule has 3 heterocycles. The summed E-state index contributed by atoms with van der Waals surface area (Å²) in [7, 11) is 4.58. The molecule has 1 N–H and O–H groups in total. The molecule has 8 nitrogen and oxygen atoms in total. The Morgan fingerprint density at radius 2 is 1.50 bits per heavy atom. The smallest absolute Gasteiger partial charge is 0.238 e. The lowest BCUT2D eigenvalue weighted by molar-refractivity contribution is -0.122. The highest BCUT2D eigenvalue weighted by Crippen LogP contribution is 2.62. The second-order valence-electron chi connectivity index (χ2n) is 11.1. The summed E-state index contributed by atoms with van der Waals surface area (Å²) in [6.07, 6.45) is 3.78. The number of ether oxygens (including phenoxy) is 3. The minimum Gasteiger partial charge on any atom is -0.497 e. The van der Waals surface area contributed by atoms with Gasteiger partial charge in [-0.05, 0) is 71.3 Å². The van der Waals surface area contributed by atoms with Crippen LogP contribution >= 0.6 is 0 Å². The van der Waals surface area contributed by atoms with Crippen molar-refractivity contribution in [2.45, 2.75) is 17.5 Å². The maximum absolute atomic E-state index is 15.0. The predicted octanol–water partition coefficient (Wildman–Crippen LogP) is 5.69. The molecule has 0 aromatic heterocycles. The minimum atomic E-state index is -1.43. The summed E-state index contributed by atoms with van der Waals surface area (Å²) >= 11 is 0. The van der Waals surface area contributed by atoms with Crippen molar-refractivity contribution in [2.24, 2.45) is 5.92 Å². The van der Waals surface area contributed by atoms with Crippen LogP contribution in [0.25, 0.3) is 6.08 Å². The van der Waals surface area contributed by atoms with Gasteiger partial charge in [-0.2, -0.15) is 0 Å². The van der Waals surface area contributed by atoms with E-state index in [1.165, 1.54) is 14.2 Å². The van der Waals surface area contributed by atoms with Crippen molar-refractivity contribution >= 4 is 29.2 Å². The van der Waals surface area contributed by atoms with Gasteiger partial charge in [0.15, 0.2) is 11.6 Å². The van der Waals surface area contributed by atoms with Crippen LogP contribution < -0.4 is 19.5 Å². The summed E-state index contributed by atoms with van der Waals surface area (Å²) < 4.78 is 16.4. The normalized spacial score (nSPS) is 22.6. The van der Waals surface area contributed by atoms with Gasteiger partial charge in [0.25, 0.3) is 0 Å². The van der Waals surface area contributed by atoms with Gasteiger partial charge in [-0.15, -0.1) is 0 Å². The molecule has 4 atom stereocenters. The minimum absolute atomic E-state index is 0.263. The number of para-hydroxylation sites is 1. The van der Waals surface area contributed by atoms with Crippen molar-refractivity contribution in [2.75, 3.05) is 26.6 Å². The lowest BCUT2D eigenvalue weighted by Crippen LogP contribution is -2.49. The molecular formula is C36H30N2O6. The SMILES string of the molecule is COc1ccc(C(=O)[C@@H]2[C@H](C(=O)c3cc(OC)ccc3OC)N3C=Cc4ccccc4[C@H]3[C@]23C(=O)Nc2ccccc23)cc1. The molecule has 44 heavy (non-hydrogen) atoms. The van der Waals surface area contributed by atoms with Crippen molar-refractivity contribution in [3.63, 3.8) is 0 Å². The molecule has 4 aromatic rings. The molecule has 3 aliphatic heterocycles. The fourth-order valence-corrected chi connectivity index (χ4v) is 7.27. The summed E-state index contributed by atoms with van der Waals surface area (Å²) in [5, 5.41) is 3.07. The monoisotopic (exact) mass is 586 g/mol. The molecule has 0 radical (unpaired) electrons. The van der Waals surface area contributed by atoms with E-state index in [9.17, 15) is 14.4 Å². The molecule has 0 bridgehead atoms. The van der Waals surface area contributed by atoms with Crippen LogP contribution in [0.4, 0.5) is 5.69 Å². The number of rotatable bonds is 7. The molecule has 0 unspecified atom stereocenters. The number of benzene rings is 4. The largest absolute Gasteiger partial charge is 0.497 e. The van der Waals surface area contributed by atoms with Gasteiger partial charge in [-0.1, -0.05) is 42.5 Å². The van der Waals surface area contributed by atoms with Gasteiger partial charge < -0.3 is 24.4 Å². The van der Waals surface area contributed by atoms with Crippen molar-refractivity contribution in [3.8, 4) is 17.2 Å². The Hall–Kier alpha value is -5.37. The van der Waals surface area contributed by atoms with E-state index in [2.05, 4.69) is 5.32 Å². The Balaban J connectivity index is 1.53. The number of Topliss-reactive ketones (excluding diaryl/α,β-unsaturated/α-hetero) is 2. The van der Waals surface area contributed by atoms with Crippen LogP contribution in [0.15, 0.2) is 97.2 Å². The van der Waals surface area contributed by atoms with E-state index in [0.29, 0.717) is 34.1 Å². The maximum Gasteiger partial charge on any atom is 0.238 e. The quantitative estimate of drug-likeness (QED) is 0.278. The van der Waals surface area contributed by atoms with Crippen molar-refractivity contribution in [3.05, 3.63) is 125 Å². The van der Waals surface area contributed by atoms with E-state index >= 15 is 0 Å². The predicted molar refractivity (Wildman–Crippen MR) is 165 cm³/mol. The van der Waals surface area contributed by atoms with Crippen LogP contribution in [0.5, 0.6) is 17.2 Å². The van der Waals surface area contributed by atoms with E-state index < -0.39 is 23.4 Å². The van der Waals surface area contributed by atoms with Crippen LogP contribution in [-0.2, 0) is 10.2 Å². The molecule has 1 amide bonds. The number of amides is 1. The lowest BCUT2D eigenvalue weighted by Gasteiger charge is -2.38. The number of nitrogens with one attached hydrogen (secondary N) is 1. The van der Waals surface area contributed by atoms with Crippen molar-refractivity contribution in [1.29, 1.82) is 0 Å². The third-order valence-electron chi connectivity index (χ3n) is 9.17. The Morgan fingerprint density at radius 1 is 0.795 bits per heavy atom. The number of hydrogen-bond donors (Lipinski definition) is 1. The highest BCUT2D eigenvalue weighted by atomic mass is 16.5. The number of carbonyl (C=O) groups is 3. The first-order chi connectivity index (χ1) is 21.4. The molecule has 1 fully saturated rings. The zero-order chi connectivity index (χ0) is 30.6. The molecule has 8 heteroatoms. The summed E-state index contributed by atoms with van der Waals surface area (Å²) in [4.78, 5) is 46.4. The number of fused-ring (bicyclic) bond motifs is 6. The Morgan fingerprint density at radius 3 is 2.25 bits per heavy atom. The van der Waals surface area contributed by atoms with Crippen LogP contribution in [0.2, 0.25) is 0 Å². The maximum atomic E-state index is 15.0. The fraction of sp³-hybridized carbons (Fsp3) is 0.194. The molecule has 0 aliphatic carbocycles. The third kappa shape index (κ3) is 3.80. The third-order valence-corrected chi connectivity index (χ3v) is 9.17. The second kappa shape index (κ2) is 10.4. The standard InChI is InChI=1S/C36H30N2O6/c1-42-23-14-12-22(13-15-23)32(39)30-31(33(40)26-20-24(43-2)16-17-29(26)44-3)38-19-18-21-8-4-5-9-25(21)34(38)36(30)27-10-6-7-11-28(27)37-35(36)41/h4-20,30-31,34H,1-3H3,(H,37,41)/t30-,31+,34-,36+/m0/s1. The Bertz CT molecular complexity index is 1850. The molecule has 220 valence electrons. The van der Waals surface area contributed by atoms with Crippen molar-refractivity contribution < 1.29 is 28.6 Å². The molecule has 1 spiro atoms. The van der Waals surface area contributed by atoms with E-state index in [4.69, 9.17) is 14.2 Å². The number of nitrogens with zero attached hydrogens (tertiary/aromatic N) is 1. The average Bonchev–Trinajstić information content (AvgIpc) is 3.55. The van der Waals surface area contributed by atoms with Gasteiger partial charge in [0.05, 0.1) is 38.9 Å². The molecule has 7 rings (SSSR count). The van der Waals surface area contributed by atoms with Gasteiger partial charge in [0, 0.05) is 17.5 Å². The number of methoxy groups -OCH3 is 3. The van der Waals surface area contributed by atoms with Gasteiger partial charge in [0.1, 0.15) is 28.7 Å². The molecule has 3 aliphatic rings. The molecule has 0 saturated carbocycles. The number of hydrogen-bond acceptors (Lipinski definition) is 7. The zero-order valence-electron chi connectivity index (χ0n) is 24.4. The molecule has 4 aromatic carbocycles. The van der Waals surface area contributed by atoms with Gasteiger partial charge in [-0.25, -0.2) is 0 Å². The van der Waals surface area contributed by atoms with Crippen LogP contribution in [0.3, 0.4) is 0 Å². The Kier molecular flexibility index (Phi) is 6.50. The van der Waals surface area contributed by atoms with Crippen molar-refractivity contribution in [1.82, 2.24) is 4.90 Å². The van der Waals surface area contributed by atoms with Gasteiger partial charge >= 0.3 is 0 Å². The van der Waals surface area contributed by atoms with Crippen LogP contribution in [0, 0.1) is 5.92 Å². The van der Waals surface area contributed by atoms with Gasteiger partial charge in [0.2, 0.25) is 5.91 Å². The first-order valence-electron chi connectivity index (χ1n) is 14.3. The zero-order valence-corrected chi connectivity index (χ0v) is 24.4. The molecule has 1 saturated heterocycles.